The van der Waals surface area contributed by atoms with Gasteiger partial charge in [0.2, 0.25) is 11.5 Å². The van der Waals surface area contributed by atoms with Crippen LogP contribution in [0.25, 0.3) is 5.52 Å². The van der Waals surface area contributed by atoms with Gasteiger partial charge < -0.3 is 34.0 Å². The molecule has 3 heterocycles. The van der Waals surface area contributed by atoms with Gasteiger partial charge >= 0.3 is 18.0 Å². The van der Waals surface area contributed by atoms with Crippen molar-refractivity contribution in [3.63, 3.8) is 0 Å². The molecule has 2 N–H and O–H groups in total. The van der Waals surface area contributed by atoms with Gasteiger partial charge in [0.15, 0.2) is 20.2 Å². The van der Waals surface area contributed by atoms with Crippen LogP contribution in [0.15, 0.2) is 18.5 Å². The number of aromatic nitrogens is 3. The van der Waals surface area contributed by atoms with Crippen molar-refractivity contribution < 1.29 is 42.6 Å². The minimum Gasteiger partial charge on any atom is -0.463 e. The molecule has 16 heteroatoms. The fourth-order valence-corrected chi connectivity index (χ4v) is 8.50. The quantitative estimate of drug-likeness (QED) is 0.0845. The number of carbonyl (C=O) groups excluding carboxylic acids is 4. The van der Waals surface area contributed by atoms with Gasteiger partial charge in [-0.2, -0.15) is 10.4 Å². The van der Waals surface area contributed by atoms with E-state index < -0.39 is 67.3 Å². The number of alkyl carbamates (subject to hydrolysis) is 1. The van der Waals surface area contributed by atoms with Crippen LogP contribution < -0.4 is 10.6 Å². The van der Waals surface area contributed by atoms with E-state index in [-0.39, 0.29) is 42.3 Å². The highest BCUT2D eigenvalue weighted by Crippen LogP contribution is 2.45. The van der Waals surface area contributed by atoms with Crippen LogP contribution >= 0.6 is 0 Å². The highest BCUT2D eigenvalue weighted by Gasteiger charge is 2.62. The van der Waals surface area contributed by atoms with Gasteiger partial charge in [-0.1, -0.05) is 60.3 Å². The van der Waals surface area contributed by atoms with Crippen LogP contribution in [0.5, 0.6) is 0 Å². The Morgan fingerprint density at radius 3 is 2.25 bits per heavy atom. The maximum atomic E-state index is 14.3. The minimum atomic E-state index is -2.60. The molecule has 2 aromatic rings. The Labute approximate surface area is 338 Å². The van der Waals surface area contributed by atoms with E-state index in [0.717, 1.165) is 38.5 Å². The van der Waals surface area contributed by atoms with Crippen LogP contribution in [-0.2, 0) is 43.4 Å². The van der Waals surface area contributed by atoms with Crippen LogP contribution in [0.3, 0.4) is 0 Å². The van der Waals surface area contributed by atoms with E-state index >= 15 is 0 Å². The Hall–Kier alpha value is -4.07. The van der Waals surface area contributed by atoms with Crippen LogP contribution in [0.2, 0.25) is 19.6 Å². The molecule has 2 fully saturated rings. The van der Waals surface area contributed by atoms with Crippen molar-refractivity contribution in [2.75, 3.05) is 11.9 Å². The third-order valence-corrected chi connectivity index (χ3v) is 11.3. The van der Waals surface area contributed by atoms with Gasteiger partial charge in [-0.3, -0.25) is 9.59 Å². The molecule has 5 atom stereocenters. The summed E-state index contributed by atoms with van der Waals surface area (Å²) in [4.78, 5) is 58.2. The van der Waals surface area contributed by atoms with Crippen molar-refractivity contribution in [3.05, 3.63) is 24.2 Å². The number of amides is 2. The molecule has 2 aliphatic rings. The zero-order chi connectivity index (χ0) is 42.3. The van der Waals surface area contributed by atoms with Gasteiger partial charge in [-0.25, -0.2) is 19.1 Å². The van der Waals surface area contributed by atoms with Crippen LogP contribution in [0.4, 0.5) is 10.6 Å². The molecule has 1 aliphatic heterocycles. The second-order valence-electron chi connectivity index (χ2n) is 18.4. The third-order valence-electron chi connectivity index (χ3n) is 10.3. The standard InChI is InChI=1S/C41H64N6O9Si/c1-12-27(13-2)36(49)46-35-28-20-21-30(47(28)44-25-43-35)41(24-42)34(56-57(9,10)11)32(29(54-41)23-52-31(48)22-26-18-16-14-15-17-19-26)53-37(50)33(39(3,4)5)45-38(51)55-40(6,7)8/h20-21,25-27,29,32-34H,12-19,22-23H2,1-11H3,(H,45,51)(H,43,44,46,49)/t29-,32-,33-,34-,41+/m1/s1. The molecule has 1 aliphatic carbocycles. The molecule has 1 saturated heterocycles. The molecule has 15 nitrogen and oxygen atoms in total. The molecule has 316 valence electrons. The second-order valence-corrected chi connectivity index (χ2v) is 22.8. The number of nitriles is 1. The highest BCUT2D eigenvalue weighted by atomic mass is 28.4. The van der Waals surface area contributed by atoms with E-state index in [0.29, 0.717) is 18.4 Å². The largest absolute Gasteiger partial charge is 0.463 e. The van der Waals surface area contributed by atoms with Crippen LogP contribution in [-0.4, -0.2) is 83.4 Å². The normalized spacial score (nSPS) is 22.7. The van der Waals surface area contributed by atoms with E-state index in [2.05, 4.69) is 26.8 Å². The van der Waals surface area contributed by atoms with Gasteiger partial charge in [0, 0.05) is 12.3 Å². The number of esters is 2. The number of rotatable bonds is 14. The molecule has 0 bridgehead atoms. The summed E-state index contributed by atoms with van der Waals surface area (Å²) in [5, 5.41) is 21.3. The average molecular weight is 813 g/mol. The Morgan fingerprint density at radius 1 is 1.04 bits per heavy atom. The van der Waals surface area contributed by atoms with Gasteiger partial charge in [-0.05, 0) is 89.6 Å². The fourth-order valence-electron chi connectivity index (χ4n) is 7.43. The first-order valence-electron chi connectivity index (χ1n) is 20.4. The van der Waals surface area contributed by atoms with Crippen LogP contribution in [0, 0.1) is 28.6 Å². The number of hydrogen-bond donors (Lipinski definition) is 2. The molecule has 0 unspecified atom stereocenters. The Morgan fingerprint density at radius 2 is 1.68 bits per heavy atom. The van der Waals surface area contributed by atoms with Crippen molar-refractivity contribution in [1.29, 1.82) is 5.26 Å². The van der Waals surface area contributed by atoms with Crippen molar-refractivity contribution in [2.24, 2.45) is 17.3 Å². The molecule has 0 spiro atoms. The summed E-state index contributed by atoms with van der Waals surface area (Å²) < 4.78 is 32.6. The molecule has 2 amide bonds. The summed E-state index contributed by atoms with van der Waals surface area (Å²) in [5.74, 6) is -1.20. The zero-order valence-electron chi connectivity index (χ0n) is 35.7. The molecule has 4 rings (SSSR count). The number of nitrogens with zero attached hydrogens (tertiary/aromatic N) is 4. The summed E-state index contributed by atoms with van der Waals surface area (Å²) in [6.45, 7) is 19.8. The third kappa shape index (κ3) is 11.8. The van der Waals surface area contributed by atoms with Crippen molar-refractivity contribution in [1.82, 2.24) is 19.9 Å². The van der Waals surface area contributed by atoms with E-state index in [1.165, 1.54) is 10.8 Å². The predicted molar refractivity (Wildman–Crippen MR) is 215 cm³/mol. The first kappa shape index (κ1) is 45.6. The number of nitrogens with one attached hydrogen (secondary N) is 2. The maximum absolute atomic E-state index is 14.3. The summed E-state index contributed by atoms with van der Waals surface area (Å²) in [5.41, 5.74) is -3.00. The van der Waals surface area contributed by atoms with E-state index in [4.69, 9.17) is 23.4 Å². The van der Waals surface area contributed by atoms with Gasteiger partial charge in [0.1, 0.15) is 48.4 Å². The first-order chi connectivity index (χ1) is 26.6. The lowest BCUT2D eigenvalue weighted by atomic mass is 9.86. The zero-order valence-corrected chi connectivity index (χ0v) is 36.7. The lowest BCUT2D eigenvalue weighted by molar-refractivity contribution is -0.164. The van der Waals surface area contributed by atoms with Gasteiger partial charge in [0.05, 0.1) is 5.69 Å². The summed E-state index contributed by atoms with van der Waals surface area (Å²) in [6, 6.07) is 4.46. The summed E-state index contributed by atoms with van der Waals surface area (Å²) in [6.07, 6.45) is 4.60. The van der Waals surface area contributed by atoms with E-state index in [1.54, 1.807) is 53.7 Å². The van der Waals surface area contributed by atoms with Crippen molar-refractivity contribution in [3.8, 4) is 6.07 Å². The maximum Gasteiger partial charge on any atom is 0.408 e. The van der Waals surface area contributed by atoms with Crippen molar-refractivity contribution >= 4 is 43.6 Å². The number of carbonyl (C=O) groups is 4. The highest BCUT2D eigenvalue weighted by molar-refractivity contribution is 6.69. The molecule has 0 radical (unpaired) electrons. The second kappa shape index (κ2) is 18.7. The fraction of sp³-hybridized carbons (Fsp3) is 0.732. The number of hydrogen-bond acceptors (Lipinski definition) is 12. The minimum absolute atomic E-state index is 0.193. The van der Waals surface area contributed by atoms with E-state index in [9.17, 15) is 24.4 Å². The lowest BCUT2D eigenvalue weighted by Crippen LogP contribution is -2.55. The molecule has 0 aromatic carbocycles. The Balaban J connectivity index is 1.79. The smallest absolute Gasteiger partial charge is 0.408 e. The Bertz CT molecular complexity index is 1760. The van der Waals surface area contributed by atoms with Gasteiger partial charge in [0.25, 0.3) is 0 Å². The lowest BCUT2D eigenvalue weighted by Gasteiger charge is -2.35. The summed E-state index contributed by atoms with van der Waals surface area (Å²) >= 11 is 0. The van der Waals surface area contributed by atoms with Crippen molar-refractivity contribution in [2.45, 2.75) is 168 Å². The van der Waals surface area contributed by atoms with Crippen LogP contribution in [0.1, 0.15) is 119 Å². The molecule has 2 aromatic heterocycles. The predicted octanol–water partition coefficient (Wildman–Crippen LogP) is 7.20. The Kier molecular flexibility index (Phi) is 14.9. The van der Waals surface area contributed by atoms with Gasteiger partial charge in [-0.15, -0.1) is 0 Å². The average Bonchev–Trinajstić information content (AvgIpc) is 3.54. The molecule has 1 saturated carbocycles. The summed E-state index contributed by atoms with van der Waals surface area (Å²) in [7, 11) is -2.60. The monoisotopic (exact) mass is 812 g/mol. The SMILES string of the molecule is CCC(CC)C(=O)Nc1ncnn2c([C@]3(C#N)O[C@H](COC(=O)CC4CCCCCC4)[C@@H](OC(=O)[C@@H](NC(=O)OC(C)(C)C)C(C)(C)C)[C@H]3O[Si](C)(C)C)ccc12. The molecular weight excluding hydrogens is 749 g/mol. The van der Waals surface area contributed by atoms with E-state index in [1.807, 2.05) is 33.5 Å². The topological polar surface area (TPSA) is 192 Å². The number of fused-ring (bicyclic) bond motifs is 1. The molecule has 57 heavy (non-hydrogen) atoms. The first-order valence-corrected chi connectivity index (χ1v) is 23.8. The number of ether oxygens (including phenoxy) is 4. The number of anilines is 1. The molecular formula is C41H64N6O9Si.